The first-order valence-electron chi connectivity index (χ1n) is 12.5. The maximum absolute atomic E-state index is 13.6. The molecular weight excluding hydrogens is 557 g/mol. The number of nitrogens with one attached hydrogen (secondary N) is 1. The fourth-order valence-corrected chi connectivity index (χ4v) is 5.65. The Morgan fingerprint density at radius 1 is 1.07 bits per heavy atom. The molecule has 0 aliphatic heterocycles. The van der Waals surface area contributed by atoms with E-state index >= 15 is 0 Å². The number of hydrogen-bond acceptors (Lipinski definition) is 4. The molecule has 0 amide bonds. The lowest BCUT2D eigenvalue weighted by atomic mass is 10.0. The van der Waals surface area contributed by atoms with Crippen molar-refractivity contribution in [2.45, 2.75) is 43.9 Å². The van der Waals surface area contributed by atoms with Gasteiger partial charge in [0.2, 0.25) is 10.0 Å². The Morgan fingerprint density at radius 3 is 2.44 bits per heavy atom. The van der Waals surface area contributed by atoms with E-state index in [0.29, 0.717) is 22.2 Å². The molecule has 7 nitrogen and oxygen atoms in total. The van der Waals surface area contributed by atoms with Gasteiger partial charge < -0.3 is 14.4 Å². The molecule has 0 aliphatic carbocycles. The van der Waals surface area contributed by atoms with Gasteiger partial charge in [-0.15, -0.1) is 5.92 Å². The molecule has 1 atom stereocenters. The van der Waals surface area contributed by atoms with E-state index in [1.807, 2.05) is 6.92 Å². The number of ether oxygens (including phenoxy) is 1. The van der Waals surface area contributed by atoms with E-state index in [1.165, 1.54) is 42.5 Å². The van der Waals surface area contributed by atoms with Crippen LogP contribution in [0, 0.1) is 18.8 Å². The maximum Gasteiger partial charge on any atom is 0.416 e. The minimum absolute atomic E-state index is 0.0497. The second-order valence-electron chi connectivity index (χ2n) is 9.36. The van der Waals surface area contributed by atoms with Crippen LogP contribution >= 0.6 is 0 Å². The lowest BCUT2D eigenvalue weighted by molar-refractivity contribution is -0.139. The Morgan fingerprint density at radius 2 is 1.78 bits per heavy atom. The van der Waals surface area contributed by atoms with Crippen LogP contribution in [0.3, 0.4) is 0 Å². The topological polar surface area (TPSA) is 97.6 Å². The van der Waals surface area contributed by atoms with Gasteiger partial charge >= 0.3 is 12.1 Å². The molecule has 0 saturated carbocycles. The zero-order chi connectivity index (χ0) is 29.8. The van der Waals surface area contributed by atoms with Crippen LogP contribution in [-0.2, 0) is 34.0 Å². The maximum atomic E-state index is 13.6. The highest BCUT2D eigenvalue weighted by molar-refractivity contribution is 7.89. The molecule has 0 fully saturated rings. The molecule has 214 valence electrons. The van der Waals surface area contributed by atoms with Crippen molar-refractivity contribution in [2.24, 2.45) is 0 Å². The van der Waals surface area contributed by atoms with Crippen LogP contribution in [0.15, 0.2) is 77.8 Å². The molecule has 11 heteroatoms. The first kappa shape index (κ1) is 29.7. The molecule has 4 aromatic rings. The highest BCUT2D eigenvalue weighted by atomic mass is 32.2. The number of carbonyl (C=O) groups is 1. The fraction of sp³-hybridized carbons (Fsp3) is 0.233. The molecule has 0 unspecified atom stereocenters. The van der Waals surface area contributed by atoms with Crippen LogP contribution in [0.25, 0.3) is 10.9 Å². The van der Waals surface area contributed by atoms with Gasteiger partial charge in [0.25, 0.3) is 0 Å². The summed E-state index contributed by atoms with van der Waals surface area (Å²) in [6.45, 7) is 3.52. The van der Waals surface area contributed by atoms with E-state index in [0.717, 1.165) is 11.6 Å². The number of benzene rings is 3. The predicted molar refractivity (Wildman–Crippen MR) is 148 cm³/mol. The van der Waals surface area contributed by atoms with Gasteiger partial charge in [-0.2, -0.15) is 17.9 Å². The molecule has 1 heterocycles. The van der Waals surface area contributed by atoms with E-state index in [2.05, 4.69) is 16.6 Å². The van der Waals surface area contributed by atoms with Crippen molar-refractivity contribution < 1.29 is 36.2 Å². The van der Waals surface area contributed by atoms with E-state index < -0.39 is 33.8 Å². The molecule has 0 radical (unpaired) electrons. The van der Waals surface area contributed by atoms with Crippen molar-refractivity contribution >= 4 is 26.9 Å². The molecule has 0 aliphatic rings. The quantitative estimate of drug-likeness (QED) is 0.244. The molecule has 0 spiro atoms. The number of aryl methyl sites for hydroxylation is 1. The number of fused-ring (bicyclic) bond motifs is 1. The standard InChI is InChI=1S/C30H27F3N2O5S/c1-3-4-15-40-23-10-12-24(13-11-23)41(38,39)34-27(29(36)37)17-22-19-35(28-14-9-20(2)16-25(22)28)18-21-7-5-6-8-26(21)30(31,32)33/h5-14,16,19,27,34H,15,17-18H2,1-2H3,(H,36,37)/t27-/m0/s1. The Balaban J connectivity index is 1.63. The zero-order valence-corrected chi connectivity index (χ0v) is 23.0. The third-order valence-electron chi connectivity index (χ3n) is 6.42. The van der Waals surface area contributed by atoms with Crippen LogP contribution in [0.2, 0.25) is 0 Å². The molecule has 2 N–H and O–H groups in total. The van der Waals surface area contributed by atoms with Crippen molar-refractivity contribution in [3.8, 4) is 17.6 Å². The summed E-state index contributed by atoms with van der Waals surface area (Å²) in [5, 5.41) is 10.5. The van der Waals surface area contributed by atoms with E-state index in [4.69, 9.17) is 4.74 Å². The number of aromatic nitrogens is 1. The van der Waals surface area contributed by atoms with E-state index in [1.54, 1.807) is 35.9 Å². The van der Waals surface area contributed by atoms with Gasteiger partial charge in [0.05, 0.1) is 10.5 Å². The minimum atomic E-state index is -4.54. The normalized spacial score (nSPS) is 12.5. The highest BCUT2D eigenvalue weighted by Gasteiger charge is 2.33. The third kappa shape index (κ3) is 7.09. The van der Waals surface area contributed by atoms with Gasteiger partial charge in [0.15, 0.2) is 0 Å². The number of rotatable bonds is 10. The smallest absolute Gasteiger partial charge is 0.416 e. The van der Waals surface area contributed by atoms with Crippen LogP contribution in [-0.4, -0.2) is 36.7 Å². The molecule has 3 aromatic carbocycles. The first-order chi connectivity index (χ1) is 19.4. The number of halogens is 3. The number of sulfonamides is 1. The zero-order valence-electron chi connectivity index (χ0n) is 22.2. The summed E-state index contributed by atoms with van der Waals surface area (Å²) < 4.78 is 76.2. The van der Waals surface area contributed by atoms with Gasteiger partial charge in [0.1, 0.15) is 18.4 Å². The summed E-state index contributed by atoms with van der Waals surface area (Å²) >= 11 is 0. The number of hydrogen-bond donors (Lipinski definition) is 2. The van der Waals surface area contributed by atoms with Crippen molar-refractivity contribution in [1.82, 2.24) is 9.29 Å². The van der Waals surface area contributed by atoms with Crippen molar-refractivity contribution in [3.05, 3.63) is 95.2 Å². The van der Waals surface area contributed by atoms with Gasteiger partial charge in [-0.3, -0.25) is 4.79 Å². The number of carboxylic acids is 1. The second-order valence-corrected chi connectivity index (χ2v) is 11.1. The number of aliphatic carboxylic acids is 1. The Hall–Kier alpha value is -4.27. The molecule has 41 heavy (non-hydrogen) atoms. The van der Waals surface area contributed by atoms with Crippen molar-refractivity contribution in [3.63, 3.8) is 0 Å². The summed E-state index contributed by atoms with van der Waals surface area (Å²) in [5.74, 6) is 4.40. The average Bonchev–Trinajstić information content (AvgIpc) is 3.24. The minimum Gasteiger partial charge on any atom is -0.481 e. The molecule has 0 bridgehead atoms. The fourth-order valence-electron chi connectivity index (χ4n) is 4.46. The number of alkyl halides is 3. The highest BCUT2D eigenvalue weighted by Crippen LogP contribution is 2.33. The molecule has 1 aromatic heterocycles. The van der Waals surface area contributed by atoms with Crippen LogP contribution in [0.5, 0.6) is 5.75 Å². The van der Waals surface area contributed by atoms with Gasteiger partial charge in [-0.25, -0.2) is 8.42 Å². The van der Waals surface area contributed by atoms with Crippen molar-refractivity contribution in [2.75, 3.05) is 6.61 Å². The Bertz CT molecular complexity index is 1730. The monoisotopic (exact) mass is 584 g/mol. The van der Waals surface area contributed by atoms with Crippen LogP contribution in [0.4, 0.5) is 13.2 Å². The summed E-state index contributed by atoms with van der Waals surface area (Å²) in [7, 11) is -4.24. The largest absolute Gasteiger partial charge is 0.481 e. The summed E-state index contributed by atoms with van der Waals surface area (Å²) in [4.78, 5) is 12.0. The van der Waals surface area contributed by atoms with Crippen LogP contribution < -0.4 is 9.46 Å². The summed E-state index contributed by atoms with van der Waals surface area (Å²) in [6.07, 6.45) is -3.20. The molecular formula is C30H27F3N2O5S. The Labute approximate surface area is 235 Å². The van der Waals surface area contributed by atoms with Gasteiger partial charge in [-0.05, 0) is 67.4 Å². The lowest BCUT2D eigenvalue weighted by Crippen LogP contribution is -2.42. The summed E-state index contributed by atoms with van der Waals surface area (Å²) in [5.41, 5.74) is 1.21. The molecule has 0 saturated heterocycles. The van der Waals surface area contributed by atoms with E-state index in [-0.39, 0.29) is 30.0 Å². The van der Waals surface area contributed by atoms with Gasteiger partial charge in [-0.1, -0.05) is 35.7 Å². The third-order valence-corrected chi connectivity index (χ3v) is 7.91. The first-order valence-corrected chi connectivity index (χ1v) is 14.0. The predicted octanol–water partition coefficient (Wildman–Crippen LogP) is 5.39. The van der Waals surface area contributed by atoms with Crippen LogP contribution in [0.1, 0.15) is 29.2 Å². The van der Waals surface area contributed by atoms with Crippen molar-refractivity contribution in [1.29, 1.82) is 0 Å². The number of nitrogens with zero attached hydrogens (tertiary/aromatic N) is 1. The number of carboxylic acid groups (broad SMARTS) is 1. The van der Waals surface area contributed by atoms with Gasteiger partial charge in [0, 0.05) is 30.1 Å². The molecule has 4 rings (SSSR count). The average molecular weight is 585 g/mol. The lowest BCUT2D eigenvalue weighted by Gasteiger charge is -2.15. The SMILES string of the molecule is CC#CCOc1ccc(S(=O)(=O)N[C@@H](Cc2cn(Cc3ccccc3C(F)(F)F)c3ccc(C)cc23)C(=O)O)cc1. The van der Waals surface area contributed by atoms with E-state index in [9.17, 15) is 31.5 Å². The Kier molecular flexibility index (Phi) is 8.75. The second kappa shape index (κ2) is 12.1. The summed E-state index contributed by atoms with van der Waals surface area (Å²) in [6, 6.07) is 14.5.